The molecule has 3 nitrogen and oxygen atoms in total. The second kappa shape index (κ2) is 8.58. The molecular formula is C28H50O3. The minimum absolute atomic E-state index is 0.0682. The summed E-state index contributed by atoms with van der Waals surface area (Å²) in [6.45, 7) is 13.7. The third-order valence-corrected chi connectivity index (χ3v) is 11.8. The van der Waals surface area contributed by atoms with Crippen LogP contribution in [-0.2, 0) is 0 Å². The van der Waals surface area contributed by atoms with Gasteiger partial charge in [-0.3, -0.25) is 0 Å². The summed E-state index contributed by atoms with van der Waals surface area (Å²) < 4.78 is 0. The summed E-state index contributed by atoms with van der Waals surface area (Å²) in [5.74, 6) is 4.30. The molecule has 0 radical (unpaired) electrons. The van der Waals surface area contributed by atoms with Crippen molar-refractivity contribution in [3.63, 3.8) is 0 Å². The Morgan fingerprint density at radius 1 is 0.742 bits per heavy atom. The Kier molecular flexibility index (Phi) is 6.65. The molecule has 0 aliphatic heterocycles. The first kappa shape index (κ1) is 24.0. The van der Waals surface area contributed by atoms with Crippen LogP contribution in [0.15, 0.2) is 0 Å². The largest absolute Gasteiger partial charge is 0.393 e. The SMILES string of the molecule is CC(C)[C@H](C)[C@@H](O)[C@H](O)[C@@H](C)[C@@H]1CC[C@@H]2[C@@H]3CC[C@H]4C[C@@H](O)CC[C@]4(C)[C@@H]3CC[C@@]21C. The number of rotatable bonds is 5. The predicted octanol–water partition coefficient (Wildman–Crippen LogP) is 5.66. The van der Waals surface area contributed by atoms with Gasteiger partial charge < -0.3 is 15.3 Å². The molecule has 4 aliphatic carbocycles. The van der Waals surface area contributed by atoms with Crippen LogP contribution in [0.25, 0.3) is 0 Å². The molecule has 0 unspecified atom stereocenters. The smallest absolute Gasteiger partial charge is 0.0830 e. The molecule has 0 bridgehead atoms. The maximum atomic E-state index is 11.1. The Morgan fingerprint density at radius 3 is 2.06 bits per heavy atom. The van der Waals surface area contributed by atoms with Gasteiger partial charge in [0.25, 0.3) is 0 Å². The number of hydrogen-bond acceptors (Lipinski definition) is 3. The fraction of sp³-hybridized carbons (Fsp3) is 1.00. The fourth-order valence-corrected chi connectivity index (χ4v) is 9.39. The summed E-state index contributed by atoms with van der Waals surface area (Å²) in [5, 5.41) is 32.3. The van der Waals surface area contributed by atoms with Crippen molar-refractivity contribution in [2.45, 2.75) is 118 Å². The standard InChI is InChI=1S/C28H50O3/c1-16(2)17(3)25(30)26(31)18(4)22-9-10-23-21-8-7-19-15-20(29)11-13-27(19,5)24(21)12-14-28(22,23)6/h16-26,29-31H,7-15H2,1-6H3/t17-,18-,19-,20-,21-,22-,23+,24+,25+,26+,27-,28+/m0/s1. The normalized spacial score (nSPS) is 49.0. The average Bonchev–Trinajstić information content (AvgIpc) is 3.09. The topological polar surface area (TPSA) is 60.7 Å². The van der Waals surface area contributed by atoms with Crippen molar-refractivity contribution in [2.24, 2.45) is 58.2 Å². The first-order valence-corrected chi connectivity index (χ1v) is 13.5. The predicted molar refractivity (Wildman–Crippen MR) is 126 cm³/mol. The van der Waals surface area contributed by atoms with Gasteiger partial charge in [-0.2, -0.15) is 0 Å². The van der Waals surface area contributed by atoms with Crippen LogP contribution >= 0.6 is 0 Å². The first-order chi connectivity index (χ1) is 14.5. The van der Waals surface area contributed by atoms with Gasteiger partial charge in [-0.25, -0.2) is 0 Å². The number of aliphatic hydroxyl groups is 3. The maximum Gasteiger partial charge on any atom is 0.0830 e. The second-order valence-electron chi connectivity index (χ2n) is 13.3. The molecule has 0 aromatic carbocycles. The molecule has 0 amide bonds. The van der Waals surface area contributed by atoms with Crippen LogP contribution in [0, 0.1) is 58.2 Å². The average molecular weight is 435 g/mol. The van der Waals surface area contributed by atoms with Gasteiger partial charge in [0, 0.05) is 0 Å². The summed E-state index contributed by atoms with van der Waals surface area (Å²) in [5.41, 5.74) is 0.731. The Hall–Kier alpha value is -0.120. The van der Waals surface area contributed by atoms with Crippen molar-refractivity contribution >= 4 is 0 Å². The summed E-state index contributed by atoms with van der Waals surface area (Å²) in [6, 6.07) is 0. The van der Waals surface area contributed by atoms with Crippen molar-refractivity contribution in [1.82, 2.24) is 0 Å². The van der Waals surface area contributed by atoms with Gasteiger partial charge in [0.2, 0.25) is 0 Å². The van der Waals surface area contributed by atoms with E-state index in [0.29, 0.717) is 28.6 Å². The highest BCUT2D eigenvalue weighted by Crippen LogP contribution is 2.68. The molecule has 0 aromatic rings. The van der Waals surface area contributed by atoms with Crippen LogP contribution in [0.1, 0.15) is 99.3 Å². The molecule has 4 saturated carbocycles. The molecule has 0 spiro atoms. The second-order valence-corrected chi connectivity index (χ2v) is 13.3. The van der Waals surface area contributed by atoms with Crippen LogP contribution in [0.4, 0.5) is 0 Å². The highest BCUT2D eigenvalue weighted by atomic mass is 16.3. The zero-order valence-corrected chi connectivity index (χ0v) is 21.1. The number of hydrogen-bond donors (Lipinski definition) is 3. The highest BCUT2D eigenvalue weighted by Gasteiger charge is 2.61. The fourth-order valence-electron chi connectivity index (χ4n) is 9.39. The zero-order valence-electron chi connectivity index (χ0n) is 21.1. The van der Waals surface area contributed by atoms with Crippen LogP contribution in [0.2, 0.25) is 0 Å². The lowest BCUT2D eigenvalue weighted by Gasteiger charge is -2.61. The molecule has 4 aliphatic rings. The summed E-state index contributed by atoms with van der Waals surface area (Å²) in [7, 11) is 0. The lowest BCUT2D eigenvalue weighted by molar-refractivity contribution is -0.136. The Labute approximate surface area is 191 Å². The Morgan fingerprint density at radius 2 is 1.39 bits per heavy atom. The van der Waals surface area contributed by atoms with Gasteiger partial charge in [-0.1, -0.05) is 41.5 Å². The van der Waals surface area contributed by atoms with E-state index in [0.717, 1.165) is 30.6 Å². The van der Waals surface area contributed by atoms with Gasteiger partial charge in [-0.05, 0) is 116 Å². The molecule has 3 N–H and O–H groups in total. The van der Waals surface area contributed by atoms with Gasteiger partial charge >= 0.3 is 0 Å². The lowest BCUT2D eigenvalue weighted by Crippen LogP contribution is -2.54. The van der Waals surface area contributed by atoms with E-state index in [9.17, 15) is 15.3 Å². The van der Waals surface area contributed by atoms with Gasteiger partial charge in [-0.15, -0.1) is 0 Å². The molecular weight excluding hydrogens is 384 g/mol. The van der Waals surface area contributed by atoms with Crippen molar-refractivity contribution < 1.29 is 15.3 Å². The zero-order chi connectivity index (χ0) is 22.7. The molecule has 0 heterocycles. The van der Waals surface area contributed by atoms with Crippen LogP contribution in [-0.4, -0.2) is 33.6 Å². The van der Waals surface area contributed by atoms with E-state index in [1.165, 1.54) is 44.9 Å². The monoisotopic (exact) mass is 434 g/mol. The molecule has 4 fully saturated rings. The quantitative estimate of drug-likeness (QED) is 0.523. The third-order valence-electron chi connectivity index (χ3n) is 11.8. The summed E-state index contributed by atoms with van der Waals surface area (Å²) in [6.07, 6.45) is 9.68. The minimum atomic E-state index is -0.628. The van der Waals surface area contributed by atoms with Crippen LogP contribution < -0.4 is 0 Å². The van der Waals surface area contributed by atoms with E-state index < -0.39 is 12.2 Å². The molecule has 12 atom stereocenters. The van der Waals surface area contributed by atoms with E-state index in [4.69, 9.17) is 0 Å². The van der Waals surface area contributed by atoms with Crippen molar-refractivity contribution in [3.05, 3.63) is 0 Å². The molecule has 3 heteroatoms. The Balaban J connectivity index is 1.51. The first-order valence-electron chi connectivity index (χ1n) is 13.5. The van der Waals surface area contributed by atoms with Crippen molar-refractivity contribution in [1.29, 1.82) is 0 Å². The van der Waals surface area contributed by atoms with E-state index in [-0.39, 0.29) is 17.9 Å². The van der Waals surface area contributed by atoms with Gasteiger partial charge in [0.1, 0.15) is 0 Å². The summed E-state index contributed by atoms with van der Waals surface area (Å²) in [4.78, 5) is 0. The molecule has 31 heavy (non-hydrogen) atoms. The van der Waals surface area contributed by atoms with E-state index in [1.807, 2.05) is 0 Å². The minimum Gasteiger partial charge on any atom is -0.393 e. The molecule has 0 saturated heterocycles. The third kappa shape index (κ3) is 3.83. The van der Waals surface area contributed by atoms with Gasteiger partial charge in [0.15, 0.2) is 0 Å². The maximum absolute atomic E-state index is 11.1. The highest BCUT2D eigenvalue weighted by molar-refractivity contribution is 5.10. The molecule has 4 rings (SSSR count). The van der Waals surface area contributed by atoms with Crippen LogP contribution in [0.3, 0.4) is 0 Å². The summed E-state index contributed by atoms with van der Waals surface area (Å²) >= 11 is 0. The van der Waals surface area contributed by atoms with E-state index in [2.05, 4.69) is 41.5 Å². The number of fused-ring (bicyclic) bond motifs is 5. The lowest BCUT2D eigenvalue weighted by atomic mass is 9.44. The molecule has 0 aromatic heterocycles. The van der Waals surface area contributed by atoms with Crippen LogP contribution in [0.5, 0.6) is 0 Å². The van der Waals surface area contributed by atoms with Crippen molar-refractivity contribution in [2.75, 3.05) is 0 Å². The number of aliphatic hydroxyl groups excluding tert-OH is 3. The molecule has 180 valence electrons. The van der Waals surface area contributed by atoms with E-state index >= 15 is 0 Å². The van der Waals surface area contributed by atoms with E-state index in [1.54, 1.807) is 0 Å². The van der Waals surface area contributed by atoms with Gasteiger partial charge in [0.05, 0.1) is 18.3 Å². The van der Waals surface area contributed by atoms with Crippen molar-refractivity contribution in [3.8, 4) is 0 Å². The Bertz CT molecular complexity index is 634.